The van der Waals surface area contributed by atoms with Crippen molar-refractivity contribution in [1.29, 1.82) is 0 Å². The van der Waals surface area contributed by atoms with E-state index in [9.17, 15) is 9.59 Å². The molecule has 5 heteroatoms. The molecule has 0 saturated heterocycles. The number of rotatable bonds is 7. The molecule has 2 amide bonds. The maximum Gasteiger partial charge on any atom is 0.238 e. The zero-order valence-electron chi connectivity index (χ0n) is 15.8. The van der Waals surface area contributed by atoms with E-state index in [1.165, 1.54) is 32.1 Å². The maximum atomic E-state index is 12.3. The second-order valence-corrected chi connectivity index (χ2v) is 7.24. The third-order valence-electron chi connectivity index (χ3n) is 4.93. The van der Waals surface area contributed by atoms with Crippen LogP contribution in [0.3, 0.4) is 0 Å². The zero-order chi connectivity index (χ0) is 18.2. The number of benzene rings is 1. The molecule has 1 N–H and O–H groups in total. The van der Waals surface area contributed by atoms with E-state index >= 15 is 0 Å². The minimum Gasteiger partial charge on any atom is -0.349 e. The fourth-order valence-electron chi connectivity index (χ4n) is 3.36. The standard InChI is InChI=1S/C20H31N3O2/c1-22(2)20(25)13-12-16-8-7-9-17(14-16)21-19(24)15-23(3)18-10-5-4-6-11-18/h7-9,14,18H,4-6,10-13,15H2,1-3H3,(H,21,24). The minimum absolute atomic E-state index is 0.0228. The molecule has 1 aliphatic carbocycles. The van der Waals surface area contributed by atoms with Crippen LogP contribution in [0.15, 0.2) is 24.3 Å². The summed E-state index contributed by atoms with van der Waals surface area (Å²) in [7, 11) is 5.57. The average molecular weight is 345 g/mol. The Bertz CT molecular complexity index is 580. The minimum atomic E-state index is 0.0228. The highest BCUT2D eigenvalue weighted by molar-refractivity contribution is 5.92. The van der Waals surface area contributed by atoms with Crippen molar-refractivity contribution in [3.05, 3.63) is 29.8 Å². The fraction of sp³-hybridized carbons (Fsp3) is 0.600. The van der Waals surface area contributed by atoms with Gasteiger partial charge in [-0.1, -0.05) is 31.4 Å². The number of aryl methyl sites for hydroxylation is 1. The van der Waals surface area contributed by atoms with Crippen molar-refractivity contribution in [2.24, 2.45) is 0 Å². The molecule has 5 nitrogen and oxygen atoms in total. The molecule has 0 atom stereocenters. The summed E-state index contributed by atoms with van der Waals surface area (Å²) < 4.78 is 0. The van der Waals surface area contributed by atoms with E-state index in [1.807, 2.05) is 31.3 Å². The van der Waals surface area contributed by atoms with Gasteiger partial charge in [-0.3, -0.25) is 14.5 Å². The Morgan fingerprint density at radius 1 is 1.12 bits per heavy atom. The van der Waals surface area contributed by atoms with E-state index in [0.717, 1.165) is 11.3 Å². The van der Waals surface area contributed by atoms with Crippen LogP contribution >= 0.6 is 0 Å². The lowest BCUT2D eigenvalue weighted by Gasteiger charge is -2.30. The van der Waals surface area contributed by atoms with Crippen molar-refractivity contribution < 1.29 is 9.59 Å². The molecule has 0 radical (unpaired) electrons. The molecule has 1 aromatic rings. The first-order chi connectivity index (χ1) is 12.0. The van der Waals surface area contributed by atoms with Crippen molar-refractivity contribution in [3.8, 4) is 0 Å². The van der Waals surface area contributed by atoms with Gasteiger partial charge >= 0.3 is 0 Å². The van der Waals surface area contributed by atoms with Gasteiger partial charge in [0, 0.05) is 32.2 Å². The predicted molar refractivity (Wildman–Crippen MR) is 102 cm³/mol. The van der Waals surface area contributed by atoms with Gasteiger partial charge in [-0.2, -0.15) is 0 Å². The molecule has 1 aliphatic rings. The summed E-state index contributed by atoms with van der Waals surface area (Å²) in [4.78, 5) is 27.8. The topological polar surface area (TPSA) is 52.7 Å². The van der Waals surface area contributed by atoms with Gasteiger partial charge in [-0.15, -0.1) is 0 Å². The van der Waals surface area contributed by atoms with Crippen LogP contribution in [0, 0.1) is 0 Å². The highest BCUT2D eigenvalue weighted by Crippen LogP contribution is 2.21. The summed E-state index contributed by atoms with van der Waals surface area (Å²) >= 11 is 0. The van der Waals surface area contributed by atoms with Crippen LogP contribution in [-0.4, -0.2) is 55.3 Å². The SMILES string of the molecule is CN(C)C(=O)CCc1cccc(NC(=O)CN(C)C2CCCCC2)c1. The summed E-state index contributed by atoms with van der Waals surface area (Å²) in [6.07, 6.45) is 7.41. The van der Waals surface area contributed by atoms with E-state index in [2.05, 4.69) is 10.2 Å². The highest BCUT2D eigenvalue weighted by atomic mass is 16.2. The van der Waals surface area contributed by atoms with Crippen LogP contribution in [0.1, 0.15) is 44.1 Å². The molecule has 0 aliphatic heterocycles. The Morgan fingerprint density at radius 2 is 1.84 bits per heavy atom. The van der Waals surface area contributed by atoms with Crippen molar-refractivity contribution in [3.63, 3.8) is 0 Å². The van der Waals surface area contributed by atoms with E-state index in [4.69, 9.17) is 0 Å². The Morgan fingerprint density at radius 3 is 2.52 bits per heavy atom. The highest BCUT2D eigenvalue weighted by Gasteiger charge is 2.19. The van der Waals surface area contributed by atoms with Crippen LogP contribution in [0.4, 0.5) is 5.69 Å². The lowest BCUT2D eigenvalue weighted by molar-refractivity contribution is -0.128. The number of anilines is 1. The smallest absolute Gasteiger partial charge is 0.238 e. The lowest BCUT2D eigenvalue weighted by Crippen LogP contribution is -2.39. The zero-order valence-corrected chi connectivity index (χ0v) is 15.8. The molecule has 138 valence electrons. The first-order valence-electron chi connectivity index (χ1n) is 9.25. The summed E-state index contributed by atoms with van der Waals surface area (Å²) in [6, 6.07) is 8.31. The predicted octanol–water partition coefficient (Wildman–Crippen LogP) is 2.91. The third-order valence-corrected chi connectivity index (χ3v) is 4.93. The molecule has 0 heterocycles. The second kappa shape index (κ2) is 9.56. The molecule has 1 fully saturated rings. The second-order valence-electron chi connectivity index (χ2n) is 7.24. The number of nitrogens with one attached hydrogen (secondary N) is 1. The van der Waals surface area contributed by atoms with Gasteiger partial charge in [0.2, 0.25) is 11.8 Å². The number of hydrogen-bond donors (Lipinski definition) is 1. The third kappa shape index (κ3) is 6.50. The fourth-order valence-corrected chi connectivity index (χ4v) is 3.36. The van der Waals surface area contributed by atoms with Gasteiger partial charge in [0.25, 0.3) is 0 Å². The Labute approximate surface area is 151 Å². The first kappa shape index (κ1) is 19.4. The van der Waals surface area contributed by atoms with E-state index in [-0.39, 0.29) is 11.8 Å². The van der Waals surface area contributed by atoms with Crippen LogP contribution in [0.5, 0.6) is 0 Å². The number of carbonyl (C=O) groups excluding carboxylic acids is 2. The lowest BCUT2D eigenvalue weighted by atomic mass is 9.94. The van der Waals surface area contributed by atoms with Gasteiger partial charge in [-0.05, 0) is 44.0 Å². The van der Waals surface area contributed by atoms with Crippen molar-refractivity contribution in [2.75, 3.05) is 33.0 Å². The molecule has 0 bridgehead atoms. The summed E-state index contributed by atoms with van der Waals surface area (Å²) in [5, 5.41) is 2.99. The number of hydrogen-bond acceptors (Lipinski definition) is 3. The molecule has 0 unspecified atom stereocenters. The van der Waals surface area contributed by atoms with Crippen molar-refractivity contribution in [1.82, 2.24) is 9.80 Å². The molecular weight excluding hydrogens is 314 g/mol. The quantitative estimate of drug-likeness (QED) is 0.827. The number of carbonyl (C=O) groups is 2. The van der Waals surface area contributed by atoms with Crippen LogP contribution in [0.25, 0.3) is 0 Å². The van der Waals surface area contributed by atoms with Crippen molar-refractivity contribution >= 4 is 17.5 Å². The molecular formula is C20H31N3O2. The number of amides is 2. The number of nitrogens with zero attached hydrogens (tertiary/aromatic N) is 2. The van der Waals surface area contributed by atoms with Gasteiger partial charge < -0.3 is 10.2 Å². The molecule has 25 heavy (non-hydrogen) atoms. The van der Waals surface area contributed by atoms with E-state index in [0.29, 0.717) is 25.4 Å². The van der Waals surface area contributed by atoms with Gasteiger partial charge in [-0.25, -0.2) is 0 Å². The Hall–Kier alpha value is -1.88. The number of likely N-dealkylation sites (N-methyl/N-ethyl adjacent to an activating group) is 1. The molecule has 2 rings (SSSR count). The average Bonchev–Trinajstić information content (AvgIpc) is 2.60. The largest absolute Gasteiger partial charge is 0.349 e. The van der Waals surface area contributed by atoms with Crippen LogP contribution < -0.4 is 5.32 Å². The normalized spacial score (nSPS) is 15.2. The van der Waals surface area contributed by atoms with Gasteiger partial charge in [0.1, 0.15) is 0 Å². The maximum absolute atomic E-state index is 12.3. The summed E-state index contributed by atoms with van der Waals surface area (Å²) in [5.74, 6) is 0.137. The van der Waals surface area contributed by atoms with E-state index < -0.39 is 0 Å². The molecule has 0 spiro atoms. The van der Waals surface area contributed by atoms with Crippen LogP contribution in [0.2, 0.25) is 0 Å². The molecule has 1 saturated carbocycles. The molecule has 1 aromatic carbocycles. The Balaban J connectivity index is 1.83. The molecule has 0 aromatic heterocycles. The van der Waals surface area contributed by atoms with Gasteiger partial charge in [0.15, 0.2) is 0 Å². The van der Waals surface area contributed by atoms with E-state index in [1.54, 1.807) is 19.0 Å². The Kier molecular flexibility index (Phi) is 7.44. The van der Waals surface area contributed by atoms with Crippen molar-refractivity contribution in [2.45, 2.75) is 51.0 Å². The first-order valence-corrected chi connectivity index (χ1v) is 9.25. The summed E-state index contributed by atoms with van der Waals surface area (Å²) in [6.45, 7) is 0.425. The van der Waals surface area contributed by atoms with Gasteiger partial charge in [0.05, 0.1) is 6.54 Å². The summed E-state index contributed by atoms with van der Waals surface area (Å²) in [5.41, 5.74) is 1.87. The van der Waals surface area contributed by atoms with Crippen LogP contribution in [-0.2, 0) is 16.0 Å². The monoisotopic (exact) mass is 345 g/mol.